The van der Waals surface area contributed by atoms with Crippen LogP contribution < -0.4 is 0 Å². The van der Waals surface area contributed by atoms with Gasteiger partial charge in [-0.2, -0.15) is 0 Å². The van der Waals surface area contributed by atoms with Crippen molar-refractivity contribution in [2.45, 2.75) is 341 Å². The highest BCUT2D eigenvalue weighted by molar-refractivity contribution is 7.47. The zero-order valence-electron chi connectivity index (χ0n) is 69.8. The molecule has 0 aromatic rings. The molecule has 0 fully saturated rings. The van der Waals surface area contributed by atoms with E-state index in [1.165, 1.54) is 19.3 Å². The quantitative estimate of drug-likeness (QED) is 0.0169. The molecule has 636 valence electrons. The topological polar surface area (TPSA) is 237 Å². The first-order valence-corrected chi connectivity index (χ1v) is 46.0. The summed E-state index contributed by atoms with van der Waals surface area (Å²) in [7, 11) is -10.0. The molecule has 0 aromatic heterocycles. The Morgan fingerprint density at radius 2 is 0.464 bits per heavy atom. The summed E-state index contributed by atoms with van der Waals surface area (Å²) >= 11 is 0. The van der Waals surface area contributed by atoms with Gasteiger partial charge in [0, 0.05) is 25.7 Å². The summed E-state index contributed by atoms with van der Waals surface area (Å²) in [4.78, 5) is 73.3. The first-order chi connectivity index (χ1) is 54.7. The van der Waals surface area contributed by atoms with Crippen molar-refractivity contribution < 1.29 is 80.2 Å². The average molecular weight is 1600 g/mol. The van der Waals surface area contributed by atoms with Crippen LogP contribution in [-0.4, -0.2) is 96.7 Å². The van der Waals surface area contributed by atoms with Crippen LogP contribution in [0.2, 0.25) is 0 Å². The Labute approximate surface area is 679 Å². The molecule has 3 N–H and O–H groups in total. The molecule has 0 bridgehead atoms. The molecular formula is C93H152O17P2. The summed E-state index contributed by atoms with van der Waals surface area (Å²) in [5.41, 5.74) is 0. The summed E-state index contributed by atoms with van der Waals surface area (Å²) < 4.78 is 68.8. The van der Waals surface area contributed by atoms with Crippen molar-refractivity contribution in [2.75, 3.05) is 39.6 Å². The zero-order valence-corrected chi connectivity index (χ0v) is 71.6. The van der Waals surface area contributed by atoms with E-state index in [4.69, 9.17) is 37.0 Å². The number of aliphatic hydroxyl groups excluding tert-OH is 1. The molecule has 17 nitrogen and oxygen atoms in total. The van der Waals surface area contributed by atoms with E-state index in [2.05, 4.69) is 210 Å². The van der Waals surface area contributed by atoms with Crippen LogP contribution in [0.25, 0.3) is 0 Å². The largest absolute Gasteiger partial charge is 0.472 e. The lowest BCUT2D eigenvalue weighted by Crippen LogP contribution is -2.30. The van der Waals surface area contributed by atoms with Gasteiger partial charge in [-0.05, 0) is 180 Å². The van der Waals surface area contributed by atoms with Crippen molar-refractivity contribution in [3.05, 3.63) is 182 Å². The van der Waals surface area contributed by atoms with Gasteiger partial charge in [-0.1, -0.05) is 300 Å². The lowest BCUT2D eigenvalue weighted by molar-refractivity contribution is -0.161. The van der Waals surface area contributed by atoms with E-state index in [-0.39, 0.29) is 25.7 Å². The average Bonchev–Trinajstić information content (AvgIpc) is 0.898. The smallest absolute Gasteiger partial charge is 0.462 e. The Kier molecular flexibility index (Phi) is 78.8. The van der Waals surface area contributed by atoms with E-state index in [0.29, 0.717) is 25.7 Å². The molecule has 0 amide bonds. The van der Waals surface area contributed by atoms with Crippen LogP contribution in [0.3, 0.4) is 0 Å². The second-order valence-electron chi connectivity index (χ2n) is 28.0. The molecule has 0 rings (SSSR count). The molecule has 112 heavy (non-hydrogen) atoms. The predicted octanol–water partition coefficient (Wildman–Crippen LogP) is 25.9. The Balaban J connectivity index is 5.47. The van der Waals surface area contributed by atoms with Gasteiger partial charge in [0.2, 0.25) is 0 Å². The number of allylic oxidation sites excluding steroid dienone is 30. The first-order valence-electron chi connectivity index (χ1n) is 43.0. The highest BCUT2D eigenvalue weighted by Crippen LogP contribution is 2.45. The standard InChI is InChI=1S/C93H152O17P2/c1-5-9-13-17-21-25-29-33-37-40-43-46-50-53-57-61-65-69-73-77-90(95)103-83-88(109-92(97)79-75-71-67-63-59-55-49-36-32-28-24-20-16-12-8-4)85-107-111(99,100)105-81-87(94)82-106-112(101,102)108-86-89(110-93(98)80-76-72-68-64-60-56-52-48-45-42-39-35-31-27-23-19-15-11-7-3)84-104-91(96)78-74-70-66-62-58-54-51-47-44-41-38-34-30-26-22-18-14-10-6-2/h9-10,12-14,16,21-28,33-39,43-49,54,58,87-89,94H,5-8,11,15,17-20,29-32,40-42,50-53,55-57,59-86H2,1-4H3,(H,99,100)(H,101,102)/b13-9-,14-10-,16-12-,25-21-,26-22-,27-23-,28-24-,37-33-,38-34-,39-35-,46-43-,47-44-,48-45-,49-36-,58-54-. The van der Waals surface area contributed by atoms with E-state index < -0.39 is 97.5 Å². The molecule has 19 heteroatoms. The van der Waals surface area contributed by atoms with Crippen LogP contribution in [0.4, 0.5) is 0 Å². The van der Waals surface area contributed by atoms with Crippen molar-refractivity contribution in [1.82, 2.24) is 0 Å². The minimum absolute atomic E-state index is 0.0649. The van der Waals surface area contributed by atoms with Gasteiger partial charge in [-0.25, -0.2) is 9.13 Å². The molecule has 5 atom stereocenters. The highest BCUT2D eigenvalue weighted by atomic mass is 31.2. The van der Waals surface area contributed by atoms with Gasteiger partial charge in [-0.15, -0.1) is 0 Å². The number of phosphoric acid groups is 2. The Morgan fingerprint density at radius 3 is 0.723 bits per heavy atom. The Morgan fingerprint density at radius 1 is 0.259 bits per heavy atom. The maximum absolute atomic E-state index is 13.2. The number of phosphoric ester groups is 2. The predicted molar refractivity (Wildman–Crippen MR) is 463 cm³/mol. The molecule has 0 saturated heterocycles. The molecule has 0 aliphatic rings. The normalized spacial score (nSPS) is 14.7. The maximum atomic E-state index is 13.2. The fourth-order valence-electron chi connectivity index (χ4n) is 10.9. The molecule has 0 aliphatic carbocycles. The van der Waals surface area contributed by atoms with Gasteiger partial charge in [0.1, 0.15) is 19.3 Å². The molecule has 0 spiro atoms. The number of hydrogen-bond donors (Lipinski definition) is 3. The lowest BCUT2D eigenvalue weighted by atomic mass is 10.1. The summed E-state index contributed by atoms with van der Waals surface area (Å²) in [5.74, 6) is -2.27. The van der Waals surface area contributed by atoms with Gasteiger partial charge in [-0.3, -0.25) is 37.3 Å². The molecular weight excluding hydrogens is 1450 g/mol. The minimum Gasteiger partial charge on any atom is -0.462 e. The van der Waals surface area contributed by atoms with Gasteiger partial charge in [0.15, 0.2) is 12.2 Å². The number of carbonyl (C=O) groups is 4. The molecule has 0 radical (unpaired) electrons. The van der Waals surface area contributed by atoms with Crippen LogP contribution in [0, 0.1) is 0 Å². The van der Waals surface area contributed by atoms with Crippen molar-refractivity contribution in [2.24, 2.45) is 0 Å². The molecule has 0 aromatic carbocycles. The van der Waals surface area contributed by atoms with E-state index in [1.54, 1.807) is 0 Å². The van der Waals surface area contributed by atoms with Crippen LogP contribution in [-0.2, 0) is 65.4 Å². The first kappa shape index (κ1) is 106. The summed E-state index contributed by atoms with van der Waals surface area (Å²) in [5, 5.41) is 10.7. The van der Waals surface area contributed by atoms with Crippen molar-refractivity contribution in [3.63, 3.8) is 0 Å². The van der Waals surface area contributed by atoms with Crippen LogP contribution in [0.5, 0.6) is 0 Å². The Bertz CT molecular complexity index is 2840. The maximum Gasteiger partial charge on any atom is 0.472 e. The van der Waals surface area contributed by atoms with Gasteiger partial charge < -0.3 is 33.8 Å². The van der Waals surface area contributed by atoms with Crippen LogP contribution >= 0.6 is 15.6 Å². The van der Waals surface area contributed by atoms with Crippen LogP contribution in [0.1, 0.15) is 323 Å². The fraction of sp³-hybridized carbons (Fsp3) is 0.634. The van der Waals surface area contributed by atoms with Gasteiger partial charge in [0.25, 0.3) is 0 Å². The van der Waals surface area contributed by atoms with Crippen LogP contribution in [0.15, 0.2) is 182 Å². The van der Waals surface area contributed by atoms with E-state index in [1.807, 2.05) is 0 Å². The van der Waals surface area contributed by atoms with Crippen molar-refractivity contribution in [3.8, 4) is 0 Å². The third-order valence-electron chi connectivity index (χ3n) is 17.3. The zero-order chi connectivity index (χ0) is 81.7. The number of ether oxygens (including phenoxy) is 4. The Hall–Kier alpha value is -5.84. The summed E-state index contributed by atoms with van der Waals surface area (Å²) in [6.07, 6.45) is 101. The van der Waals surface area contributed by atoms with Gasteiger partial charge >= 0.3 is 39.5 Å². The molecule has 5 unspecified atom stereocenters. The second kappa shape index (κ2) is 83.1. The van der Waals surface area contributed by atoms with Crippen molar-refractivity contribution >= 4 is 39.5 Å². The minimum atomic E-state index is -5.01. The third-order valence-corrected chi connectivity index (χ3v) is 19.2. The van der Waals surface area contributed by atoms with E-state index >= 15 is 0 Å². The SMILES string of the molecule is CC/C=C\C/C=C\C/C=C\C/C=C\C/C=C\CCCCCC(=O)OCC(COP(=O)(O)OCC(O)COP(=O)(O)OCC(COC(=O)CCCCCCCC/C=C\C/C=C\C/C=C\C/C=C\CC)OC(=O)CCCCCCC/C=C\C/C=C\C/C=C\CC)OC(=O)CCCCCCCC/C=C\C/C=C\C/C=C\CCCCC. The highest BCUT2D eigenvalue weighted by Gasteiger charge is 2.30. The monoisotopic (exact) mass is 1600 g/mol. The summed E-state index contributed by atoms with van der Waals surface area (Å²) in [6.45, 7) is 4.43. The van der Waals surface area contributed by atoms with Crippen molar-refractivity contribution in [1.29, 1.82) is 0 Å². The molecule has 0 saturated carbocycles. The summed E-state index contributed by atoms with van der Waals surface area (Å²) in [6, 6.07) is 0. The van der Waals surface area contributed by atoms with E-state index in [9.17, 15) is 43.2 Å². The lowest BCUT2D eigenvalue weighted by Gasteiger charge is -2.21. The number of rotatable bonds is 79. The third kappa shape index (κ3) is 82.2. The van der Waals surface area contributed by atoms with Gasteiger partial charge in [0.05, 0.1) is 26.4 Å². The number of carbonyl (C=O) groups excluding carboxylic acids is 4. The molecule has 0 aliphatic heterocycles. The second-order valence-corrected chi connectivity index (χ2v) is 30.9. The number of aliphatic hydroxyl groups is 1. The number of hydrogen-bond acceptors (Lipinski definition) is 15. The van der Waals surface area contributed by atoms with E-state index in [0.717, 1.165) is 225 Å². The molecule has 0 heterocycles. The number of esters is 4. The fourth-order valence-corrected chi connectivity index (χ4v) is 12.5. The number of unbranched alkanes of at least 4 members (excludes halogenated alkanes) is 23.